The van der Waals surface area contributed by atoms with Gasteiger partial charge in [0.2, 0.25) is 0 Å². The summed E-state index contributed by atoms with van der Waals surface area (Å²) in [5.74, 6) is 0.478. The molecule has 2 rings (SSSR count). The largest absolute Gasteiger partial charge is 0.465 e. The number of hydrogen-bond acceptors (Lipinski definition) is 4. The Morgan fingerprint density at radius 1 is 1.55 bits per heavy atom. The lowest BCUT2D eigenvalue weighted by atomic mass is 10.0. The lowest BCUT2D eigenvalue weighted by Gasteiger charge is -2.40. The zero-order valence-electron chi connectivity index (χ0n) is 12.0. The molecule has 20 heavy (non-hydrogen) atoms. The zero-order chi connectivity index (χ0) is 14.9. The summed E-state index contributed by atoms with van der Waals surface area (Å²) >= 11 is 5.09. The van der Waals surface area contributed by atoms with Gasteiger partial charge in [-0.1, -0.05) is 13.8 Å². The Morgan fingerprint density at radius 2 is 2.25 bits per heavy atom. The maximum atomic E-state index is 11.3. The minimum atomic E-state index is -0.813. The molecule has 1 aromatic rings. The van der Waals surface area contributed by atoms with E-state index in [1.54, 1.807) is 16.2 Å². The summed E-state index contributed by atoms with van der Waals surface area (Å²) in [6.45, 7) is 8.27. The molecular formula is C13H20BrN3O2S. The monoisotopic (exact) mass is 361 g/mol. The highest BCUT2D eigenvalue weighted by atomic mass is 79.9. The Morgan fingerprint density at radius 3 is 2.75 bits per heavy atom. The predicted octanol–water partition coefficient (Wildman–Crippen LogP) is 3.43. The second-order valence-corrected chi connectivity index (χ2v) is 7.48. The van der Waals surface area contributed by atoms with E-state index in [1.807, 2.05) is 6.92 Å². The van der Waals surface area contributed by atoms with Gasteiger partial charge in [-0.2, -0.15) is 0 Å². The average Bonchev–Trinajstić information content (AvgIpc) is 2.68. The summed E-state index contributed by atoms with van der Waals surface area (Å²) in [5.41, 5.74) is 0. The first-order valence-corrected chi connectivity index (χ1v) is 8.37. The third-order valence-electron chi connectivity index (χ3n) is 3.47. The molecule has 1 saturated heterocycles. The fourth-order valence-electron chi connectivity index (χ4n) is 2.53. The van der Waals surface area contributed by atoms with Crippen LogP contribution in [0.2, 0.25) is 0 Å². The standard InChI is InChI=1S/C13H20BrN3O2S/c1-8(2)6-10-7-16(4-5-17(10)13(18)19)12-15-11(14)9(3)20-12/h8,10H,4-7H2,1-3H3,(H,18,19)/t10-/m0/s1. The first-order chi connectivity index (χ1) is 9.38. The molecule has 0 radical (unpaired) electrons. The number of amides is 1. The number of nitrogens with zero attached hydrogens (tertiary/aromatic N) is 3. The van der Waals surface area contributed by atoms with Crippen molar-refractivity contribution in [1.29, 1.82) is 0 Å². The minimum Gasteiger partial charge on any atom is -0.465 e. The molecule has 7 heteroatoms. The van der Waals surface area contributed by atoms with E-state index in [-0.39, 0.29) is 6.04 Å². The smallest absolute Gasteiger partial charge is 0.407 e. The molecular weight excluding hydrogens is 342 g/mol. The second kappa shape index (κ2) is 6.30. The van der Waals surface area contributed by atoms with Gasteiger partial charge in [0.25, 0.3) is 0 Å². The van der Waals surface area contributed by atoms with Crippen molar-refractivity contribution in [3.8, 4) is 0 Å². The van der Waals surface area contributed by atoms with Gasteiger partial charge in [0.05, 0.1) is 6.04 Å². The van der Waals surface area contributed by atoms with Crippen LogP contribution in [0, 0.1) is 12.8 Å². The summed E-state index contributed by atoms with van der Waals surface area (Å²) < 4.78 is 0.888. The second-order valence-electron chi connectivity index (χ2n) is 5.55. The molecule has 112 valence electrons. The maximum absolute atomic E-state index is 11.3. The van der Waals surface area contributed by atoms with Crippen molar-refractivity contribution in [2.75, 3.05) is 24.5 Å². The highest BCUT2D eigenvalue weighted by molar-refractivity contribution is 9.10. The van der Waals surface area contributed by atoms with Gasteiger partial charge >= 0.3 is 6.09 Å². The van der Waals surface area contributed by atoms with Crippen LogP contribution in [0.3, 0.4) is 0 Å². The Kier molecular flexibility index (Phi) is 4.90. The van der Waals surface area contributed by atoms with Crippen LogP contribution in [0.25, 0.3) is 0 Å². The summed E-state index contributed by atoms with van der Waals surface area (Å²) in [6, 6.07) is 0.0456. The number of anilines is 1. The van der Waals surface area contributed by atoms with Gasteiger partial charge in [0, 0.05) is 24.5 Å². The molecule has 0 spiro atoms. The van der Waals surface area contributed by atoms with Crippen molar-refractivity contribution >= 4 is 38.5 Å². The molecule has 1 N–H and O–H groups in total. The number of thiazole rings is 1. The van der Waals surface area contributed by atoms with Crippen LogP contribution < -0.4 is 4.90 Å². The van der Waals surface area contributed by atoms with Crippen LogP contribution in [0.5, 0.6) is 0 Å². The van der Waals surface area contributed by atoms with Crippen molar-refractivity contribution in [3.63, 3.8) is 0 Å². The third-order valence-corrected chi connectivity index (χ3v) is 5.54. The maximum Gasteiger partial charge on any atom is 0.407 e. The summed E-state index contributed by atoms with van der Waals surface area (Å²) in [7, 11) is 0. The topological polar surface area (TPSA) is 56.7 Å². The number of carbonyl (C=O) groups is 1. The van der Waals surface area contributed by atoms with Gasteiger partial charge in [-0.25, -0.2) is 9.78 Å². The summed E-state index contributed by atoms with van der Waals surface area (Å²) in [5, 5.41) is 10.3. The first kappa shape index (κ1) is 15.6. The van der Waals surface area contributed by atoms with Gasteiger partial charge in [-0.15, -0.1) is 11.3 Å². The molecule has 0 aromatic carbocycles. The number of halogens is 1. The fourth-order valence-corrected chi connectivity index (χ4v) is 3.89. The number of aryl methyl sites for hydroxylation is 1. The van der Waals surface area contributed by atoms with Crippen molar-refractivity contribution in [2.24, 2.45) is 5.92 Å². The predicted molar refractivity (Wildman–Crippen MR) is 84.7 cm³/mol. The Bertz CT molecular complexity index is 472. The van der Waals surface area contributed by atoms with Gasteiger partial charge < -0.3 is 14.9 Å². The van der Waals surface area contributed by atoms with Crippen LogP contribution in [0.4, 0.5) is 9.93 Å². The molecule has 1 aliphatic heterocycles. The SMILES string of the molecule is Cc1sc(N2CCN(C(=O)O)[C@@H](CC(C)C)C2)nc1Br. The van der Waals surface area contributed by atoms with E-state index in [4.69, 9.17) is 0 Å². The zero-order valence-corrected chi connectivity index (χ0v) is 14.4. The Hall–Kier alpha value is -0.820. The molecule has 0 saturated carbocycles. The van der Waals surface area contributed by atoms with E-state index >= 15 is 0 Å². The number of aromatic nitrogens is 1. The number of piperazine rings is 1. The molecule has 0 aliphatic carbocycles. The minimum absolute atomic E-state index is 0.0456. The van der Waals surface area contributed by atoms with Crippen molar-refractivity contribution in [3.05, 3.63) is 9.48 Å². The van der Waals surface area contributed by atoms with Gasteiger partial charge in [0.15, 0.2) is 5.13 Å². The number of rotatable bonds is 3. The summed E-state index contributed by atoms with van der Waals surface area (Å²) in [6.07, 6.45) is 0.0701. The van der Waals surface area contributed by atoms with Crippen LogP contribution >= 0.6 is 27.3 Å². The molecule has 2 heterocycles. The van der Waals surface area contributed by atoms with Crippen molar-refractivity contribution < 1.29 is 9.90 Å². The molecule has 1 amide bonds. The van der Waals surface area contributed by atoms with Gasteiger partial charge in [-0.3, -0.25) is 0 Å². The number of hydrogen-bond donors (Lipinski definition) is 1. The van der Waals surface area contributed by atoms with E-state index in [9.17, 15) is 9.90 Å². The van der Waals surface area contributed by atoms with Crippen LogP contribution in [-0.2, 0) is 0 Å². The molecule has 1 aromatic heterocycles. The van der Waals surface area contributed by atoms with E-state index in [2.05, 4.69) is 39.7 Å². The van der Waals surface area contributed by atoms with Crippen molar-refractivity contribution in [1.82, 2.24) is 9.88 Å². The average molecular weight is 362 g/mol. The van der Waals surface area contributed by atoms with E-state index in [0.717, 1.165) is 27.6 Å². The van der Waals surface area contributed by atoms with Crippen LogP contribution in [0.1, 0.15) is 25.1 Å². The quantitative estimate of drug-likeness (QED) is 0.895. The highest BCUT2D eigenvalue weighted by Crippen LogP contribution is 2.31. The lowest BCUT2D eigenvalue weighted by molar-refractivity contribution is 0.111. The highest BCUT2D eigenvalue weighted by Gasteiger charge is 2.31. The summed E-state index contributed by atoms with van der Waals surface area (Å²) in [4.78, 5) is 20.8. The first-order valence-electron chi connectivity index (χ1n) is 6.76. The Labute approximate surface area is 131 Å². The normalized spacial score (nSPS) is 19.8. The molecule has 1 atom stereocenters. The lowest BCUT2D eigenvalue weighted by Crippen LogP contribution is -2.55. The van der Waals surface area contributed by atoms with Crippen LogP contribution in [0.15, 0.2) is 4.60 Å². The van der Waals surface area contributed by atoms with Crippen molar-refractivity contribution in [2.45, 2.75) is 33.2 Å². The molecule has 0 unspecified atom stereocenters. The molecule has 1 fully saturated rings. The number of carboxylic acid groups (broad SMARTS) is 1. The Balaban J connectivity index is 2.13. The third kappa shape index (κ3) is 3.44. The van der Waals surface area contributed by atoms with Gasteiger partial charge in [-0.05, 0) is 35.2 Å². The van der Waals surface area contributed by atoms with E-state index < -0.39 is 6.09 Å². The molecule has 0 bridgehead atoms. The van der Waals surface area contributed by atoms with E-state index in [0.29, 0.717) is 19.0 Å². The van der Waals surface area contributed by atoms with Gasteiger partial charge in [0.1, 0.15) is 4.60 Å². The fraction of sp³-hybridized carbons (Fsp3) is 0.692. The molecule has 1 aliphatic rings. The van der Waals surface area contributed by atoms with Crippen LogP contribution in [-0.4, -0.2) is 46.8 Å². The molecule has 5 nitrogen and oxygen atoms in total. The van der Waals surface area contributed by atoms with E-state index in [1.165, 1.54) is 0 Å².